The van der Waals surface area contributed by atoms with Crippen molar-refractivity contribution in [2.24, 2.45) is 0 Å². The molecule has 0 aromatic heterocycles. The fourth-order valence-electron chi connectivity index (χ4n) is 2.58. The Kier molecular flexibility index (Phi) is 7.29. The first-order valence-corrected chi connectivity index (χ1v) is 10.0. The van der Waals surface area contributed by atoms with Crippen molar-refractivity contribution < 1.29 is 13.2 Å². The van der Waals surface area contributed by atoms with Crippen molar-refractivity contribution in [2.45, 2.75) is 10.9 Å². The normalized spacial score (nSPS) is 13.0. The number of rotatable bonds is 8. The van der Waals surface area contributed by atoms with Crippen LogP contribution >= 0.6 is 0 Å². The first kappa shape index (κ1) is 20.8. The van der Waals surface area contributed by atoms with Crippen molar-refractivity contribution in [3.8, 4) is 0 Å². The molecule has 0 saturated carbocycles. The zero-order chi connectivity index (χ0) is 19.9. The van der Waals surface area contributed by atoms with Crippen LogP contribution in [0.1, 0.15) is 17.2 Å². The van der Waals surface area contributed by atoms with Crippen LogP contribution in [-0.4, -0.2) is 46.9 Å². The molecule has 0 heterocycles. The molecule has 2 aromatic carbocycles. The lowest BCUT2D eigenvalue weighted by Crippen LogP contribution is -2.33. The average molecular weight is 388 g/mol. The van der Waals surface area contributed by atoms with E-state index in [9.17, 15) is 13.2 Å². The Morgan fingerprint density at radius 1 is 1.07 bits per heavy atom. The lowest BCUT2D eigenvalue weighted by atomic mass is 10.1. The van der Waals surface area contributed by atoms with Crippen molar-refractivity contribution in [3.05, 3.63) is 71.8 Å². The second kappa shape index (κ2) is 9.45. The SMILES string of the molecule is CNS(=O)(=O)c1ccc(/C=C/C(=O)NCC(c2ccccc2)N(C)C)cc1. The first-order chi connectivity index (χ1) is 12.8. The van der Waals surface area contributed by atoms with Crippen LogP contribution < -0.4 is 10.0 Å². The van der Waals surface area contributed by atoms with Gasteiger partial charge in [-0.1, -0.05) is 42.5 Å². The molecule has 144 valence electrons. The standard InChI is InChI=1S/C20H25N3O3S/c1-21-27(25,26)18-12-9-16(10-13-18)11-14-20(24)22-15-19(23(2)3)17-7-5-4-6-8-17/h4-14,19,21H,15H2,1-3H3,(H,22,24)/b14-11+. The number of hydrogen-bond acceptors (Lipinski definition) is 4. The molecule has 2 rings (SSSR count). The van der Waals surface area contributed by atoms with Gasteiger partial charge in [-0.2, -0.15) is 0 Å². The van der Waals surface area contributed by atoms with Gasteiger partial charge in [-0.05, 0) is 50.5 Å². The predicted molar refractivity (Wildman–Crippen MR) is 108 cm³/mol. The van der Waals surface area contributed by atoms with Crippen molar-refractivity contribution >= 4 is 22.0 Å². The highest BCUT2D eigenvalue weighted by Gasteiger charge is 2.14. The number of carbonyl (C=O) groups is 1. The van der Waals surface area contributed by atoms with Gasteiger partial charge in [0.2, 0.25) is 15.9 Å². The summed E-state index contributed by atoms with van der Waals surface area (Å²) in [4.78, 5) is 14.4. The summed E-state index contributed by atoms with van der Waals surface area (Å²) in [5.74, 6) is -0.204. The lowest BCUT2D eigenvalue weighted by Gasteiger charge is -2.24. The third kappa shape index (κ3) is 6.02. The molecule has 0 bridgehead atoms. The Morgan fingerprint density at radius 3 is 2.26 bits per heavy atom. The van der Waals surface area contributed by atoms with E-state index in [1.54, 1.807) is 18.2 Å². The number of benzene rings is 2. The van der Waals surface area contributed by atoms with E-state index >= 15 is 0 Å². The molecule has 27 heavy (non-hydrogen) atoms. The molecule has 1 amide bonds. The van der Waals surface area contributed by atoms with E-state index in [4.69, 9.17) is 0 Å². The Hall–Kier alpha value is -2.48. The number of sulfonamides is 1. The Balaban J connectivity index is 1.96. The van der Waals surface area contributed by atoms with Gasteiger partial charge < -0.3 is 10.2 Å². The van der Waals surface area contributed by atoms with E-state index in [-0.39, 0.29) is 16.8 Å². The zero-order valence-corrected chi connectivity index (χ0v) is 16.5. The summed E-state index contributed by atoms with van der Waals surface area (Å²) < 4.78 is 25.7. The van der Waals surface area contributed by atoms with E-state index in [1.807, 2.05) is 44.4 Å². The van der Waals surface area contributed by atoms with Crippen molar-refractivity contribution in [2.75, 3.05) is 27.7 Å². The van der Waals surface area contributed by atoms with Gasteiger partial charge in [-0.3, -0.25) is 4.79 Å². The van der Waals surface area contributed by atoms with Crippen LogP contribution in [0.4, 0.5) is 0 Å². The largest absolute Gasteiger partial charge is 0.351 e. The lowest BCUT2D eigenvalue weighted by molar-refractivity contribution is -0.116. The number of amides is 1. The predicted octanol–water partition coefficient (Wildman–Crippen LogP) is 2.03. The average Bonchev–Trinajstić information content (AvgIpc) is 2.67. The van der Waals surface area contributed by atoms with E-state index in [1.165, 1.54) is 25.3 Å². The summed E-state index contributed by atoms with van der Waals surface area (Å²) in [6.45, 7) is 0.486. The monoisotopic (exact) mass is 387 g/mol. The van der Waals surface area contributed by atoms with E-state index < -0.39 is 10.0 Å². The minimum absolute atomic E-state index is 0.0783. The van der Waals surface area contributed by atoms with Gasteiger partial charge in [-0.25, -0.2) is 13.1 Å². The maximum Gasteiger partial charge on any atom is 0.244 e. The second-order valence-electron chi connectivity index (χ2n) is 6.25. The smallest absolute Gasteiger partial charge is 0.244 e. The molecule has 0 aliphatic rings. The maximum atomic E-state index is 12.1. The quantitative estimate of drug-likeness (QED) is 0.680. The van der Waals surface area contributed by atoms with Gasteiger partial charge in [0, 0.05) is 12.6 Å². The van der Waals surface area contributed by atoms with Crippen LogP contribution in [0.15, 0.2) is 65.6 Å². The molecule has 1 atom stereocenters. The molecule has 2 N–H and O–H groups in total. The topological polar surface area (TPSA) is 78.5 Å². The van der Waals surface area contributed by atoms with E-state index in [2.05, 4.69) is 14.9 Å². The van der Waals surface area contributed by atoms with Gasteiger partial charge in [0.1, 0.15) is 0 Å². The van der Waals surface area contributed by atoms with Crippen LogP contribution in [0.25, 0.3) is 6.08 Å². The Morgan fingerprint density at radius 2 is 1.70 bits per heavy atom. The Labute approximate surface area is 161 Å². The highest BCUT2D eigenvalue weighted by Crippen LogP contribution is 2.16. The molecule has 1 unspecified atom stereocenters. The van der Waals surface area contributed by atoms with E-state index in [0.717, 1.165) is 11.1 Å². The fourth-order valence-corrected chi connectivity index (χ4v) is 3.31. The molecule has 7 heteroatoms. The van der Waals surface area contributed by atoms with Crippen molar-refractivity contribution in [1.29, 1.82) is 0 Å². The van der Waals surface area contributed by atoms with E-state index in [0.29, 0.717) is 6.54 Å². The summed E-state index contributed by atoms with van der Waals surface area (Å²) in [5, 5.41) is 2.90. The van der Waals surface area contributed by atoms with Gasteiger partial charge in [0.05, 0.1) is 10.9 Å². The number of carbonyl (C=O) groups excluding carboxylic acids is 1. The molecular weight excluding hydrogens is 362 g/mol. The van der Waals surface area contributed by atoms with Gasteiger partial charge in [0.25, 0.3) is 0 Å². The number of nitrogens with one attached hydrogen (secondary N) is 2. The number of nitrogens with zero attached hydrogens (tertiary/aromatic N) is 1. The van der Waals surface area contributed by atoms with Crippen molar-refractivity contribution in [3.63, 3.8) is 0 Å². The molecule has 0 aliphatic carbocycles. The molecule has 0 radical (unpaired) electrons. The van der Waals surface area contributed by atoms with Crippen LogP contribution in [0.5, 0.6) is 0 Å². The summed E-state index contributed by atoms with van der Waals surface area (Å²) in [7, 11) is 1.85. The second-order valence-corrected chi connectivity index (χ2v) is 8.13. The fraction of sp³-hybridized carbons (Fsp3) is 0.250. The molecule has 2 aromatic rings. The van der Waals surface area contributed by atoms with Gasteiger partial charge in [-0.15, -0.1) is 0 Å². The molecule has 0 fully saturated rings. The molecule has 0 saturated heterocycles. The van der Waals surface area contributed by atoms with Crippen LogP contribution in [-0.2, 0) is 14.8 Å². The molecule has 0 aliphatic heterocycles. The number of hydrogen-bond donors (Lipinski definition) is 2. The summed E-state index contributed by atoms with van der Waals surface area (Å²) >= 11 is 0. The molecule has 6 nitrogen and oxygen atoms in total. The van der Waals surface area contributed by atoms with Crippen LogP contribution in [0.3, 0.4) is 0 Å². The summed E-state index contributed by atoms with van der Waals surface area (Å²) in [6, 6.07) is 16.4. The van der Waals surface area contributed by atoms with Crippen LogP contribution in [0, 0.1) is 0 Å². The minimum Gasteiger partial charge on any atom is -0.351 e. The number of likely N-dealkylation sites (N-methyl/N-ethyl adjacent to an activating group) is 1. The zero-order valence-electron chi connectivity index (χ0n) is 15.7. The van der Waals surface area contributed by atoms with Crippen LogP contribution in [0.2, 0.25) is 0 Å². The third-order valence-electron chi connectivity index (χ3n) is 4.16. The van der Waals surface area contributed by atoms with Gasteiger partial charge >= 0.3 is 0 Å². The summed E-state index contributed by atoms with van der Waals surface area (Å²) in [6.07, 6.45) is 3.09. The highest BCUT2D eigenvalue weighted by molar-refractivity contribution is 7.89. The third-order valence-corrected chi connectivity index (χ3v) is 5.59. The first-order valence-electron chi connectivity index (χ1n) is 8.54. The highest BCUT2D eigenvalue weighted by atomic mass is 32.2. The molecular formula is C20H25N3O3S. The maximum absolute atomic E-state index is 12.1. The minimum atomic E-state index is -3.46. The van der Waals surface area contributed by atoms with Gasteiger partial charge in [0.15, 0.2) is 0 Å². The van der Waals surface area contributed by atoms with Crippen molar-refractivity contribution in [1.82, 2.24) is 14.9 Å². The summed E-state index contributed by atoms with van der Waals surface area (Å²) in [5.41, 5.74) is 1.88. The molecule has 0 spiro atoms. The Bertz CT molecular complexity index is 876.